The molecule has 18 heavy (non-hydrogen) atoms. The first-order chi connectivity index (χ1) is 8.43. The van der Waals surface area contributed by atoms with E-state index >= 15 is 0 Å². The normalized spacial score (nSPS) is 11.7. The van der Waals surface area contributed by atoms with Crippen LogP contribution in [-0.4, -0.2) is 17.9 Å². The van der Waals surface area contributed by atoms with Crippen LogP contribution >= 0.6 is 0 Å². The molecule has 0 aliphatic rings. The van der Waals surface area contributed by atoms with Gasteiger partial charge in [0.05, 0.1) is 0 Å². The number of halogens is 2. The Balaban J connectivity index is 2.86. The largest absolute Gasteiger partial charge is 0.368 e. The number of rotatable bonds is 5. The Bertz CT molecular complexity index is 469. The molecule has 0 bridgehead atoms. The van der Waals surface area contributed by atoms with Crippen LogP contribution in [0.25, 0.3) is 0 Å². The Hall–Kier alpha value is -2.24. The minimum atomic E-state index is -0.957. The second-order valence-electron chi connectivity index (χ2n) is 3.61. The first-order valence-corrected chi connectivity index (χ1v) is 5.11. The van der Waals surface area contributed by atoms with Crippen LogP contribution in [0.5, 0.6) is 0 Å². The zero-order valence-corrected chi connectivity index (χ0v) is 9.45. The van der Waals surface area contributed by atoms with Gasteiger partial charge in [0, 0.05) is 11.6 Å². The average molecular weight is 254 g/mol. The maximum Gasteiger partial charge on any atom is 0.252 e. The van der Waals surface area contributed by atoms with Gasteiger partial charge >= 0.3 is 0 Å². The number of nitrogens with one attached hydrogen (secondary N) is 1. The van der Waals surface area contributed by atoms with E-state index in [2.05, 4.69) is 11.9 Å². The third-order valence-electron chi connectivity index (χ3n) is 2.18. The first-order valence-electron chi connectivity index (χ1n) is 5.11. The number of hydrogen-bond donors (Lipinski definition) is 2. The SMILES string of the molecule is C=CC[C@@H](NC(=O)c1cc(F)cc(F)c1)C(N)=O. The van der Waals surface area contributed by atoms with Gasteiger partial charge in [0.15, 0.2) is 0 Å². The molecule has 0 saturated heterocycles. The van der Waals surface area contributed by atoms with Crippen LogP contribution in [0.1, 0.15) is 16.8 Å². The first kappa shape index (κ1) is 13.8. The number of carbonyl (C=O) groups excluding carboxylic acids is 2. The number of primary amides is 1. The Labute approximate surface area is 102 Å². The summed E-state index contributed by atoms with van der Waals surface area (Å²) in [6.45, 7) is 3.41. The summed E-state index contributed by atoms with van der Waals surface area (Å²) < 4.78 is 25.8. The molecular formula is C12H12F2N2O2. The van der Waals surface area contributed by atoms with Gasteiger partial charge in [0.2, 0.25) is 5.91 Å². The maximum absolute atomic E-state index is 12.9. The van der Waals surface area contributed by atoms with E-state index in [4.69, 9.17) is 5.73 Å². The van der Waals surface area contributed by atoms with E-state index in [0.29, 0.717) is 6.07 Å². The Morgan fingerprint density at radius 2 is 1.89 bits per heavy atom. The van der Waals surface area contributed by atoms with Crippen molar-refractivity contribution in [3.05, 3.63) is 48.1 Å². The van der Waals surface area contributed by atoms with Gasteiger partial charge in [-0.25, -0.2) is 8.78 Å². The van der Waals surface area contributed by atoms with Crippen molar-refractivity contribution >= 4 is 11.8 Å². The molecular weight excluding hydrogens is 242 g/mol. The lowest BCUT2D eigenvalue weighted by Gasteiger charge is -2.13. The van der Waals surface area contributed by atoms with Crippen molar-refractivity contribution < 1.29 is 18.4 Å². The number of benzene rings is 1. The van der Waals surface area contributed by atoms with E-state index in [1.54, 1.807) is 0 Å². The minimum Gasteiger partial charge on any atom is -0.368 e. The highest BCUT2D eigenvalue weighted by Gasteiger charge is 2.18. The molecule has 0 fully saturated rings. The van der Waals surface area contributed by atoms with E-state index in [9.17, 15) is 18.4 Å². The van der Waals surface area contributed by atoms with Gasteiger partial charge in [0.1, 0.15) is 17.7 Å². The summed E-state index contributed by atoms with van der Waals surface area (Å²) in [5.74, 6) is -3.28. The molecule has 1 aromatic rings. The molecule has 0 unspecified atom stereocenters. The van der Waals surface area contributed by atoms with E-state index in [1.807, 2.05) is 0 Å². The summed E-state index contributed by atoms with van der Waals surface area (Å²) in [6.07, 6.45) is 1.54. The van der Waals surface area contributed by atoms with Crippen LogP contribution in [0.2, 0.25) is 0 Å². The van der Waals surface area contributed by atoms with Crippen molar-refractivity contribution in [3.8, 4) is 0 Å². The van der Waals surface area contributed by atoms with Gasteiger partial charge in [-0.05, 0) is 18.6 Å². The average Bonchev–Trinajstić information content (AvgIpc) is 2.26. The van der Waals surface area contributed by atoms with Gasteiger partial charge in [-0.1, -0.05) is 6.08 Å². The number of hydrogen-bond acceptors (Lipinski definition) is 2. The van der Waals surface area contributed by atoms with E-state index in [1.165, 1.54) is 6.08 Å². The molecule has 0 aromatic heterocycles. The van der Waals surface area contributed by atoms with Crippen molar-refractivity contribution in [2.24, 2.45) is 5.73 Å². The van der Waals surface area contributed by atoms with Gasteiger partial charge in [0.25, 0.3) is 5.91 Å². The summed E-state index contributed by atoms with van der Waals surface area (Å²) >= 11 is 0. The summed E-state index contributed by atoms with van der Waals surface area (Å²) in [7, 11) is 0. The smallest absolute Gasteiger partial charge is 0.252 e. The fourth-order valence-electron chi connectivity index (χ4n) is 1.34. The highest BCUT2D eigenvalue weighted by Crippen LogP contribution is 2.08. The van der Waals surface area contributed by atoms with Crippen LogP contribution in [0.4, 0.5) is 8.78 Å². The van der Waals surface area contributed by atoms with Gasteiger partial charge in [-0.15, -0.1) is 6.58 Å². The summed E-state index contributed by atoms with van der Waals surface area (Å²) in [5, 5.41) is 2.27. The van der Waals surface area contributed by atoms with Crippen molar-refractivity contribution in [1.29, 1.82) is 0 Å². The lowest BCUT2D eigenvalue weighted by atomic mass is 10.1. The van der Waals surface area contributed by atoms with Crippen molar-refractivity contribution in [3.63, 3.8) is 0 Å². The number of amides is 2. The van der Waals surface area contributed by atoms with Gasteiger partial charge in [-0.3, -0.25) is 9.59 Å². The molecule has 0 saturated carbocycles. The lowest BCUT2D eigenvalue weighted by Crippen LogP contribution is -2.44. The molecule has 0 aliphatic heterocycles. The Morgan fingerprint density at radius 1 is 1.33 bits per heavy atom. The standard InChI is InChI=1S/C12H12F2N2O2/c1-2-3-10(11(15)17)16-12(18)7-4-8(13)6-9(14)5-7/h2,4-6,10H,1,3H2,(H2,15,17)(H,16,18)/t10-/m1/s1. The molecule has 1 atom stereocenters. The molecule has 2 amide bonds. The van der Waals surface area contributed by atoms with Crippen LogP contribution in [0.3, 0.4) is 0 Å². The van der Waals surface area contributed by atoms with Crippen molar-refractivity contribution in [1.82, 2.24) is 5.32 Å². The third-order valence-corrected chi connectivity index (χ3v) is 2.18. The summed E-state index contributed by atoms with van der Waals surface area (Å²) in [6, 6.07) is 1.42. The van der Waals surface area contributed by atoms with Crippen molar-refractivity contribution in [2.45, 2.75) is 12.5 Å². The molecule has 0 radical (unpaired) electrons. The molecule has 96 valence electrons. The van der Waals surface area contributed by atoms with E-state index in [-0.39, 0.29) is 12.0 Å². The monoisotopic (exact) mass is 254 g/mol. The Morgan fingerprint density at radius 3 is 2.33 bits per heavy atom. The topological polar surface area (TPSA) is 72.2 Å². The summed E-state index contributed by atoms with van der Waals surface area (Å²) in [5.41, 5.74) is 4.84. The molecule has 6 heteroatoms. The zero-order chi connectivity index (χ0) is 13.7. The lowest BCUT2D eigenvalue weighted by molar-refractivity contribution is -0.119. The molecule has 4 nitrogen and oxygen atoms in total. The van der Waals surface area contributed by atoms with Crippen LogP contribution < -0.4 is 11.1 Å². The van der Waals surface area contributed by atoms with Crippen LogP contribution in [0.15, 0.2) is 30.9 Å². The summed E-state index contributed by atoms with van der Waals surface area (Å²) in [4.78, 5) is 22.7. The van der Waals surface area contributed by atoms with E-state index in [0.717, 1.165) is 12.1 Å². The van der Waals surface area contributed by atoms with Crippen LogP contribution in [-0.2, 0) is 4.79 Å². The van der Waals surface area contributed by atoms with Crippen molar-refractivity contribution in [2.75, 3.05) is 0 Å². The second kappa shape index (κ2) is 5.90. The molecule has 1 aromatic carbocycles. The molecule has 0 spiro atoms. The highest BCUT2D eigenvalue weighted by molar-refractivity contribution is 5.97. The van der Waals surface area contributed by atoms with Gasteiger partial charge < -0.3 is 11.1 Å². The van der Waals surface area contributed by atoms with E-state index < -0.39 is 29.5 Å². The predicted octanol–water partition coefficient (Wildman–Crippen LogP) is 1.12. The minimum absolute atomic E-state index is 0.138. The molecule has 0 aliphatic carbocycles. The third kappa shape index (κ3) is 3.65. The second-order valence-corrected chi connectivity index (χ2v) is 3.61. The number of nitrogens with two attached hydrogens (primary N) is 1. The quantitative estimate of drug-likeness (QED) is 0.773. The highest BCUT2D eigenvalue weighted by atomic mass is 19.1. The van der Waals surface area contributed by atoms with Crippen LogP contribution in [0, 0.1) is 11.6 Å². The molecule has 1 rings (SSSR count). The fraction of sp³-hybridized carbons (Fsp3) is 0.167. The molecule has 0 heterocycles. The molecule has 3 N–H and O–H groups in total. The predicted molar refractivity (Wildman–Crippen MR) is 61.6 cm³/mol. The number of carbonyl (C=O) groups is 2. The maximum atomic E-state index is 12.9. The Kier molecular flexibility index (Phi) is 4.53. The fourth-order valence-corrected chi connectivity index (χ4v) is 1.34. The zero-order valence-electron chi connectivity index (χ0n) is 9.45. The van der Waals surface area contributed by atoms with Gasteiger partial charge in [-0.2, -0.15) is 0 Å².